The molecule has 5 rings (SSSR count). The van der Waals surface area contributed by atoms with Crippen molar-refractivity contribution in [2.45, 2.75) is 25.3 Å². The summed E-state index contributed by atoms with van der Waals surface area (Å²) in [6.07, 6.45) is 4.35. The predicted molar refractivity (Wildman–Crippen MR) is 153 cm³/mol. The van der Waals surface area contributed by atoms with Crippen LogP contribution in [-0.4, -0.2) is 40.9 Å². The lowest BCUT2D eigenvalue weighted by Gasteiger charge is -2.22. The first-order chi connectivity index (χ1) is 19.7. The van der Waals surface area contributed by atoms with E-state index in [4.69, 9.17) is 0 Å². The van der Waals surface area contributed by atoms with Gasteiger partial charge in [0.15, 0.2) is 0 Å². The molecule has 1 aromatic heterocycles. The summed E-state index contributed by atoms with van der Waals surface area (Å²) >= 11 is 0. The molecule has 1 heterocycles. The van der Waals surface area contributed by atoms with E-state index in [0.29, 0.717) is 34.4 Å². The molecule has 0 radical (unpaired) electrons. The molecule has 0 aliphatic heterocycles. The molecule has 2 amide bonds. The third-order valence-corrected chi connectivity index (χ3v) is 7.05. The highest BCUT2D eigenvalue weighted by Gasteiger charge is 2.24. The molecule has 208 valence electrons. The molecule has 2 N–H and O–H groups in total. The second-order valence-corrected chi connectivity index (χ2v) is 10.3. The fraction of sp³-hybridized carbons (Fsp3) is 0.182. The van der Waals surface area contributed by atoms with Crippen molar-refractivity contribution in [3.63, 3.8) is 0 Å². The van der Waals surface area contributed by atoms with Gasteiger partial charge < -0.3 is 15.3 Å². The van der Waals surface area contributed by atoms with Gasteiger partial charge in [0.25, 0.3) is 5.91 Å². The van der Waals surface area contributed by atoms with Crippen LogP contribution in [0.3, 0.4) is 0 Å². The van der Waals surface area contributed by atoms with Crippen molar-refractivity contribution in [3.8, 4) is 16.9 Å². The number of rotatable bonds is 8. The van der Waals surface area contributed by atoms with E-state index >= 15 is 0 Å². The number of nitrogens with zero attached hydrogens (tertiary/aromatic N) is 2. The quantitative estimate of drug-likeness (QED) is 0.286. The smallest absolute Gasteiger partial charge is 0.253 e. The van der Waals surface area contributed by atoms with Crippen molar-refractivity contribution >= 4 is 17.4 Å². The van der Waals surface area contributed by atoms with Crippen LogP contribution in [0.2, 0.25) is 0 Å². The Morgan fingerprint density at radius 2 is 1.76 bits per heavy atom. The van der Waals surface area contributed by atoms with E-state index in [0.717, 1.165) is 22.8 Å². The van der Waals surface area contributed by atoms with Crippen LogP contribution in [0.25, 0.3) is 16.7 Å². The summed E-state index contributed by atoms with van der Waals surface area (Å²) < 4.78 is 28.2. The first kappa shape index (κ1) is 27.7. The van der Waals surface area contributed by atoms with Gasteiger partial charge in [0.05, 0.1) is 18.2 Å². The van der Waals surface area contributed by atoms with Gasteiger partial charge in [-0.25, -0.2) is 8.78 Å². The Hall–Kier alpha value is -4.85. The van der Waals surface area contributed by atoms with Gasteiger partial charge in [-0.15, -0.1) is 0 Å². The zero-order valence-electron chi connectivity index (χ0n) is 22.7. The Balaban J connectivity index is 1.49. The Kier molecular flexibility index (Phi) is 7.92. The van der Waals surface area contributed by atoms with Gasteiger partial charge in [-0.1, -0.05) is 30.3 Å². The number of halogens is 2. The highest BCUT2D eigenvalue weighted by Crippen LogP contribution is 2.34. The minimum absolute atomic E-state index is 0.0550. The van der Waals surface area contributed by atoms with E-state index < -0.39 is 17.7 Å². The molecule has 0 unspecified atom stereocenters. The van der Waals surface area contributed by atoms with Crippen LogP contribution in [0.5, 0.6) is 5.75 Å². The standard InChI is InChI=1S/C33H29F2N3O3/c1-38(2)33(41)24-6-3-5-22(16-24)28-7-4-12-36-32(28)30(15-20-13-25(34)18-26(35)14-20)37-31(40)17-23-9-8-21-10-11-27(39)19-29(21)23/h3-7,9-14,16,18-19,30,39H,8,15,17H2,1-2H3,(H,37,40)/t30-/m0/s1. The number of phenolic OH excluding ortho intramolecular Hbond substituents is 1. The monoisotopic (exact) mass is 553 g/mol. The average Bonchev–Trinajstić information content (AvgIpc) is 3.33. The van der Waals surface area contributed by atoms with Crippen molar-refractivity contribution in [1.29, 1.82) is 0 Å². The number of pyridine rings is 1. The van der Waals surface area contributed by atoms with Crippen LogP contribution in [0, 0.1) is 11.6 Å². The Morgan fingerprint density at radius 3 is 2.51 bits per heavy atom. The number of nitrogens with one attached hydrogen (secondary N) is 1. The number of carbonyl (C=O) groups is 2. The molecule has 41 heavy (non-hydrogen) atoms. The maximum absolute atomic E-state index is 14.1. The molecule has 0 spiro atoms. The number of aromatic hydroxyl groups is 1. The van der Waals surface area contributed by atoms with Crippen molar-refractivity contribution in [2.24, 2.45) is 0 Å². The molecule has 0 fully saturated rings. The number of hydrogen-bond donors (Lipinski definition) is 2. The lowest BCUT2D eigenvalue weighted by atomic mass is 9.94. The third kappa shape index (κ3) is 6.32. The van der Waals surface area contributed by atoms with Crippen LogP contribution in [-0.2, 0) is 17.6 Å². The summed E-state index contributed by atoms with van der Waals surface area (Å²) in [5.74, 6) is -1.77. The number of carbonyl (C=O) groups excluding carboxylic acids is 2. The van der Waals surface area contributed by atoms with Crippen LogP contribution < -0.4 is 5.32 Å². The molecular formula is C33H29F2N3O3. The summed E-state index contributed by atoms with van der Waals surface area (Å²) in [5, 5.41) is 13.0. The molecule has 0 saturated carbocycles. The normalized spacial score (nSPS) is 12.8. The van der Waals surface area contributed by atoms with E-state index in [9.17, 15) is 23.5 Å². The number of fused-ring (bicyclic) bond motifs is 1. The highest BCUT2D eigenvalue weighted by atomic mass is 19.1. The maximum atomic E-state index is 14.1. The van der Waals surface area contributed by atoms with E-state index in [1.165, 1.54) is 17.0 Å². The molecule has 8 heteroatoms. The van der Waals surface area contributed by atoms with Gasteiger partial charge in [-0.05, 0) is 83.1 Å². The topological polar surface area (TPSA) is 82.5 Å². The molecule has 4 aromatic rings. The van der Waals surface area contributed by atoms with Gasteiger partial charge in [-0.3, -0.25) is 14.6 Å². The first-order valence-corrected chi connectivity index (χ1v) is 13.2. The molecule has 1 atom stereocenters. The first-order valence-electron chi connectivity index (χ1n) is 13.2. The Labute approximate surface area is 237 Å². The van der Waals surface area contributed by atoms with Crippen molar-refractivity contribution in [1.82, 2.24) is 15.2 Å². The largest absolute Gasteiger partial charge is 0.508 e. The number of allylic oxidation sites excluding steroid dienone is 1. The summed E-state index contributed by atoms with van der Waals surface area (Å²) in [6, 6.07) is 18.3. The fourth-order valence-corrected chi connectivity index (χ4v) is 5.17. The number of aromatic nitrogens is 1. The lowest BCUT2D eigenvalue weighted by molar-refractivity contribution is -0.120. The second-order valence-electron chi connectivity index (χ2n) is 10.3. The SMILES string of the molecule is CN(C)C(=O)c1cccc(-c2cccnc2[C@H](Cc2cc(F)cc(F)c2)NC(=O)CC2=CCc3ccc(O)cc32)c1. The summed E-state index contributed by atoms with van der Waals surface area (Å²) in [6.45, 7) is 0. The number of phenols is 1. The summed E-state index contributed by atoms with van der Waals surface area (Å²) in [4.78, 5) is 32.1. The van der Waals surface area contributed by atoms with Crippen LogP contribution in [0.15, 0.2) is 85.1 Å². The van der Waals surface area contributed by atoms with Gasteiger partial charge >= 0.3 is 0 Å². The van der Waals surface area contributed by atoms with E-state index in [1.807, 2.05) is 24.3 Å². The number of benzene rings is 3. The molecule has 1 aliphatic carbocycles. The molecule has 3 aromatic carbocycles. The minimum atomic E-state index is -0.737. The molecule has 0 saturated heterocycles. The lowest BCUT2D eigenvalue weighted by Crippen LogP contribution is -2.31. The average molecular weight is 554 g/mol. The minimum Gasteiger partial charge on any atom is -0.508 e. The van der Waals surface area contributed by atoms with Gasteiger partial charge in [-0.2, -0.15) is 0 Å². The highest BCUT2D eigenvalue weighted by molar-refractivity contribution is 5.95. The Bertz CT molecular complexity index is 1650. The number of amides is 2. The van der Waals surface area contributed by atoms with Gasteiger partial charge in [0.1, 0.15) is 17.4 Å². The van der Waals surface area contributed by atoms with E-state index in [1.54, 1.807) is 56.7 Å². The van der Waals surface area contributed by atoms with Crippen molar-refractivity contribution in [3.05, 3.63) is 125 Å². The van der Waals surface area contributed by atoms with Gasteiger partial charge in [0, 0.05) is 37.5 Å². The predicted octanol–water partition coefficient (Wildman–Crippen LogP) is 5.86. The van der Waals surface area contributed by atoms with Crippen LogP contribution in [0.1, 0.15) is 45.2 Å². The van der Waals surface area contributed by atoms with Crippen LogP contribution >= 0.6 is 0 Å². The second kappa shape index (κ2) is 11.7. The van der Waals surface area contributed by atoms with E-state index in [2.05, 4.69) is 10.3 Å². The maximum Gasteiger partial charge on any atom is 0.253 e. The zero-order chi connectivity index (χ0) is 29.1. The van der Waals surface area contributed by atoms with Crippen LogP contribution in [0.4, 0.5) is 8.78 Å². The molecule has 0 bridgehead atoms. The molecule has 6 nitrogen and oxygen atoms in total. The molecule has 1 aliphatic rings. The summed E-state index contributed by atoms with van der Waals surface area (Å²) in [7, 11) is 3.35. The summed E-state index contributed by atoms with van der Waals surface area (Å²) in [5.41, 5.74) is 5.38. The van der Waals surface area contributed by atoms with Crippen molar-refractivity contribution in [2.75, 3.05) is 14.1 Å². The van der Waals surface area contributed by atoms with Crippen molar-refractivity contribution < 1.29 is 23.5 Å². The number of hydrogen-bond acceptors (Lipinski definition) is 4. The van der Waals surface area contributed by atoms with E-state index in [-0.39, 0.29) is 30.4 Å². The fourth-order valence-electron chi connectivity index (χ4n) is 5.17. The Morgan fingerprint density at radius 1 is 0.976 bits per heavy atom. The third-order valence-electron chi connectivity index (χ3n) is 7.05. The van der Waals surface area contributed by atoms with Gasteiger partial charge in [0.2, 0.25) is 5.91 Å². The molecular weight excluding hydrogens is 524 g/mol. The zero-order valence-corrected chi connectivity index (χ0v) is 22.7.